The average Bonchev–Trinajstić information content (AvgIpc) is 2.65. The van der Waals surface area contributed by atoms with Crippen LogP contribution in [-0.2, 0) is 0 Å². The smallest absolute Gasteiger partial charge is 0.162 e. The first-order valence-corrected chi connectivity index (χ1v) is 7.94. The maximum absolute atomic E-state index is 6.31. The Morgan fingerprint density at radius 3 is 2.16 bits per heavy atom. The van der Waals surface area contributed by atoms with E-state index in [9.17, 15) is 0 Å². The van der Waals surface area contributed by atoms with E-state index in [1.165, 1.54) is 0 Å². The molecule has 0 aliphatic heterocycles. The Balaban J connectivity index is 1.97. The van der Waals surface area contributed by atoms with Crippen LogP contribution in [0.2, 0.25) is 5.15 Å². The van der Waals surface area contributed by atoms with E-state index in [1.54, 1.807) is 33.5 Å². The van der Waals surface area contributed by atoms with Gasteiger partial charge in [0.15, 0.2) is 17.3 Å². The monoisotopic (exact) mass is 356 g/mol. The Morgan fingerprint density at radius 2 is 1.52 bits per heavy atom. The van der Waals surface area contributed by atoms with Gasteiger partial charge >= 0.3 is 0 Å². The predicted octanol–water partition coefficient (Wildman–Crippen LogP) is 4.48. The van der Waals surface area contributed by atoms with Crippen LogP contribution >= 0.6 is 11.6 Å². The number of rotatable bonds is 5. The lowest BCUT2D eigenvalue weighted by Gasteiger charge is -2.09. The molecule has 0 aliphatic carbocycles. The molecule has 1 aromatic heterocycles. The van der Waals surface area contributed by atoms with Crippen molar-refractivity contribution in [1.82, 2.24) is 9.97 Å². The highest BCUT2D eigenvalue weighted by molar-refractivity contribution is 6.34. The first kappa shape index (κ1) is 17.0. The minimum Gasteiger partial charge on any atom is -0.497 e. The molecule has 0 bridgehead atoms. The first-order valence-electron chi connectivity index (χ1n) is 7.56. The molecule has 5 nitrogen and oxygen atoms in total. The number of aromatic nitrogens is 2. The lowest BCUT2D eigenvalue weighted by atomic mass is 10.2. The van der Waals surface area contributed by atoms with Crippen LogP contribution < -0.4 is 14.2 Å². The van der Waals surface area contributed by atoms with Gasteiger partial charge in [-0.3, -0.25) is 0 Å². The summed E-state index contributed by atoms with van der Waals surface area (Å²) < 4.78 is 15.8. The van der Waals surface area contributed by atoms with Gasteiger partial charge in [-0.05, 0) is 29.8 Å². The van der Waals surface area contributed by atoms with Crippen molar-refractivity contribution in [1.29, 1.82) is 0 Å². The van der Waals surface area contributed by atoms with Crippen LogP contribution in [0.1, 0.15) is 11.4 Å². The molecule has 25 heavy (non-hydrogen) atoms. The van der Waals surface area contributed by atoms with Crippen molar-refractivity contribution < 1.29 is 14.2 Å². The van der Waals surface area contributed by atoms with Gasteiger partial charge in [-0.25, -0.2) is 9.97 Å². The Kier molecular flexibility index (Phi) is 5.05. The summed E-state index contributed by atoms with van der Waals surface area (Å²) in [5, 5.41) is 1.07. The zero-order valence-electron chi connectivity index (χ0n) is 14.1. The van der Waals surface area contributed by atoms with Gasteiger partial charge in [-0.15, -0.1) is 0 Å². The second-order valence-electron chi connectivity index (χ2n) is 5.20. The highest BCUT2D eigenvalue weighted by Gasteiger charge is 2.11. The Bertz CT molecular complexity index is 924. The quantitative estimate of drug-likeness (QED) is 0.631. The standard InChI is InChI=1S/C19H17ClN2O3/c1-23-13-7-4-12(5-8-13)6-9-18-21-15-11-17(25-3)16(24-2)10-14(15)19(20)22-18/h4-11H,1-3H3/b9-6+. The molecule has 128 valence electrons. The molecule has 0 spiro atoms. The van der Waals surface area contributed by atoms with Gasteiger partial charge < -0.3 is 14.2 Å². The summed E-state index contributed by atoms with van der Waals surface area (Å²) in [5.41, 5.74) is 1.69. The van der Waals surface area contributed by atoms with Crippen molar-refractivity contribution in [2.75, 3.05) is 21.3 Å². The van der Waals surface area contributed by atoms with Gasteiger partial charge in [-0.2, -0.15) is 0 Å². The zero-order valence-corrected chi connectivity index (χ0v) is 14.9. The number of fused-ring (bicyclic) bond motifs is 1. The molecule has 2 aromatic carbocycles. The van der Waals surface area contributed by atoms with Gasteiger partial charge in [0.2, 0.25) is 0 Å². The molecule has 0 atom stereocenters. The number of ether oxygens (including phenoxy) is 3. The molecular formula is C19H17ClN2O3. The minimum absolute atomic E-state index is 0.361. The maximum atomic E-state index is 6.31. The second-order valence-corrected chi connectivity index (χ2v) is 5.56. The van der Waals surface area contributed by atoms with E-state index in [1.807, 2.05) is 36.4 Å². The molecule has 0 amide bonds. The van der Waals surface area contributed by atoms with E-state index < -0.39 is 0 Å². The molecule has 0 saturated heterocycles. The molecular weight excluding hydrogens is 340 g/mol. The number of benzene rings is 2. The van der Waals surface area contributed by atoms with E-state index in [2.05, 4.69) is 9.97 Å². The maximum Gasteiger partial charge on any atom is 0.162 e. The largest absolute Gasteiger partial charge is 0.497 e. The fourth-order valence-corrected chi connectivity index (χ4v) is 2.63. The third-order valence-corrected chi connectivity index (χ3v) is 4.00. The van der Waals surface area contributed by atoms with Crippen LogP contribution in [0.4, 0.5) is 0 Å². The molecule has 0 fully saturated rings. The third kappa shape index (κ3) is 3.67. The molecule has 0 N–H and O–H groups in total. The summed E-state index contributed by atoms with van der Waals surface area (Å²) in [5.74, 6) is 2.50. The van der Waals surface area contributed by atoms with E-state index in [0.29, 0.717) is 33.4 Å². The summed E-state index contributed by atoms with van der Waals surface area (Å²) >= 11 is 6.31. The molecule has 1 heterocycles. The summed E-state index contributed by atoms with van der Waals surface area (Å²) in [6.07, 6.45) is 3.72. The fourth-order valence-electron chi connectivity index (χ4n) is 2.40. The number of methoxy groups -OCH3 is 3. The summed E-state index contributed by atoms with van der Waals surface area (Å²) in [6, 6.07) is 11.2. The van der Waals surface area contributed by atoms with Crippen molar-refractivity contribution in [3.05, 3.63) is 52.9 Å². The number of halogens is 1. The second kappa shape index (κ2) is 7.40. The average molecular weight is 357 g/mol. The molecule has 0 unspecified atom stereocenters. The van der Waals surface area contributed by atoms with E-state index in [4.69, 9.17) is 25.8 Å². The molecule has 3 rings (SSSR count). The summed E-state index contributed by atoms with van der Waals surface area (Å²) in [6.45, 7) is 0. The van der Waals surface area contributed by atoms with Crippen LogP contribution in [0.15, 0.2) is 36.4 Å². The van der Waals surface area contributed by atoms with Crippen LogP contribution in [0.5, 0.6) is 17.2 Å². The summed E-state index contributed by atoms with van der Waals surface area (Å²) in [7, 11) is 4.79. The van der Waals surface area contributed by atoms with Gasteiger partial charge in [0.1, 0.15) is 10.9 Å². The molecule has 0 radical (unpaired) electrons. The Morgan fingerprint density at radius 1 is 0.840 bits per heavy atom. The fraction of sp³-hybridized carbons (Fsp3) is 0.158. The van der Waals surface area contributed by atoms with Gasteiger partial charge in [0, 0.05) is 11.5 Å². The number of hydrogen-bond acceptors (Lipinski definition) is 5. The Hall–Kier alpha value is -2.79. The lowest BCUT2D eigenvalue weighted by Crippen LogP contribution is -1.95. The van der Waals surface area contributed by atoms with E-state index >= 15 is 0 Å². The highest BCUT2D eigenvalue weighted by atomic mass is 35.5. The van der Waals surface area contributed by atoms with Crippen LogP contribution in [0.3, 0.4) is 0 Å². The van der Waals surface area contributed by atoms with Gasteiger partial charge in [-0.1, -0.05) is 29.8 Å². The molecule has 0 saturated carbocycles. The van der Waals surface area contributed by atoms with Crippen LogP contribution in [0, 0.1) is 0 Å². The minimum atomic E-state index is 0.361. The third-order valence-electron chi connectivity index (χ3n) is 3.71. The van der Waals surface area contributed by atoms with Crippen LogP contribution in [0.25, 0.3) is 23.1 Å². The van der Waals surface area contributed by atoms with Crippen molar-refractivity contribution in [2.45, 2.75) is 0 Å². The summed E-state index contributed by atoms with van der Waals surface area (Å²) in [4.78, 5) is 8.85. The van der Waals surface area contributed by atoms with E-state index in [0.717, 1.165) is 11.3 Å². The van der Waals surface area contributed by atoms with Crippen molar-refractivity contribution in [3.8, 4) is 17.2 Å². The van der Waals surface area contributed by atoms with Crippen molar-refractivity contribution >= 4 is 34.7 Å². The van der Waals surface area contributed by atoms with Gasteiger partial charge in [0.05, 0.1) is 26.8 Å². The van der Waals surface area contributed by atoms with E-state index in [-0.39, 0.29) is 0 Å². The SMILES string of the molecule is COc1ccc(/C=C/c2nc(Cl)c3cc(OC)c(OC)cc3n2)cc1. The normalized spacial score (nSPS) is 11.0. The Labute approximate surface area is 150 Å². The van der Waals surface area contributed by atoms with Crippen molar-refractivity contribution in [3.63, 3.8) is 0 Å². The number of nitrogens with zero attached hydrogens (tertiary/aromatic N) is 2. The van der Waals surface area contributed by atoms with Gasteiger partial charge in [0.25, 0.3) is 0 Å². The predicted molar refractivity (Wildman–Crippen MR) is 99.6 cm³/mol. The lowest BCUT2D eigenvalue weighted by molar-refractivity contribution is 0.356. The number of hydrogen-bond donors (Lipinski definition) is 0. The first-order chi connectivity index (χ1) is 12.1. The molecule has 3 aromatic rings. The zero-order chi connectivity index (χ0) is 17.8. The molecule has 0 aliphatic rings. The van der Waals surface area contributed by atoms with Crippen molar-refractivity contribution in [2.24, 2.45) is 0 Å². The topological polar surface area (TPSA) is 53.5 Å². The molecule has 6 heteroatoms. The van der Waals surface area contributed by atoms with Crippen LogP contribution in [-0.4, -0.2) is 31.3 Å². The highest BCUT2D eigenvalue weighted by Crippen LogP contribution is 2.33.